The molecule has 2 N–H and O–H groups in total. The molecular weight excluding hydrogens is 274 g/mol. The summed E-state index contributed by atoms with van der Waals surface area (Å²) in [6.07, 6.45) is 0.286. The van der Waals surface area contributed by atoms with Crippen molar-refractivity contribution in [1.82, 2.24) is 0 Å². The molecule has 0 aliphatic rings. The molecule has 0 radical (unpaired) electrons. The molecule has 2 aromatic rings. The van der Waals surface area contributed by atoms with Gasteiger partial charge in [-0.05, 0) is 11.1 Å². The van der Waals surface area contributed by atoms with Crippen LogP contribution in [0.15, 0.2) is 60.7 Å². The first kappa shape index (κ1) is 14.7. The molecule has 20 heavy (non-hydrogen) atoms. The minimum atomic E-state index is -3.60. The number of hydrogen-bond donors (Lipinski definition) is 1. The highest BCUT2D eigenvalue weighted by molar-refractivity contribution is 7.86. The fourth-order valence-corrected chi connectivity index (χ4v) is 2.61. The SMILES string of the molecule is CS(=O)(=O)O[C@@H](c1ccccc1)[C@@H](N)c1ccccc1. The van der Waals surface area contributed by atoms with Gasteiger partial charge >= 0.3 is 0 Å². The Bertz CT molecular complexity index is 641. The van der Waals surface area contributed by atoms with Gasteiger partial charge in [-0.25, -0.2) is 0 Å². The highest BCUT2D eigenvalue weighted by Crippen LogP contribution is 2.31. The lowest BCUT2D eigenvalue weighted by atomic mass is 9.97. The molecule has 0 heterocycles. The molecule has 2 atom stereocenters. The van der Waals surface area contributed by atoms with E-state index in [9.17, 15) is 8.42 Å². The second kappa shape index (κ2) is 6.17. The Labute approximate surface area is 119 Å². The van der Waals surface area contributed by atoms with Gasteiger partial charge < -0.3 is 5.73 Å². The van der Waals surface area contributed by atoms with Gasteiger partial charge in [0.15, 0.2) is 0 Å². The van der Waals surface area contributed by atoms with E-state index in [1.807, 2.05) is 48.5 Å². The van der Waals surface area contributed by atoms with Gasteiger partial charge in [0.1, 0.15) is 6.10 Å². The van der Waals surface area contributed by atoms with Crippen molar-refractivity contribution < 1.29 is 12.6 Å². The summed E-state index contributed by atoms with van der Waals surface area (Å²) in [6, 6.07) is 17.9. The zero-order valence-corrected chi connectivity index (χ0v) is 12.0. The minimum Gasteiger partial charge on any atom is -0.321 e. The van der Waals surface area contributed by atoms with Gasteiger partial charge in [-0.1, -0.05) is 60.7 Å². The molecule has 5 heteroatoms. The Balaban J connectivity index is 2.37. The fraction of sp³-hybridized carbons (Fsp3) is 0.200. The fourth-order valence-electron chi connectivity index (χ4n) is 2.00. The zero-order chi connectivity index (χ0) is 14.6. The lowest BCUT2D eigenvalue weighted by Gasteiger charge is -2.23. The molecule has 0 aromatic heterocycles. The second-order valence-corrected chi connectivity index (χ2v) is 6.17. The monoisotopic (exact) mass is 291 g/mol. The molecular formula is C15H17NO3S. The van der Waals surface area contributed by atoms with Crippen LogP contribution in [-0.4, -0.2) is 14.7 Å². The molecule has 0 aliphatic carbocycles. The van der Waals surface area contributed by atoms with Crippen molar-refractivity contribution in [3.05, 3.63) is 71.8 Å². The maximum Gasteiger partial charge on any atom is 0.265 e. The van der Waals surface area contributed by atoms with Crippen LogP contribution in [0, 0.1) is 0 Å². The van der Waals surface area contributed by atoms with Gasteiger partial charge in [0.25, 0.3) is 10.1 Å². The Kier molecular flexibility index (Phi) is 4.54. The van der Waals surface area contributed by atoms with Crippen LogP contribution in [0.2, 0.25) is 0 Å². The summed E-state index contributed by atoms with van der Waals surface area (Å²) in [6.45, 7) is 0. The Hall–Kier alpha value is -1.69. The summed E-state index contributed by atoms with van der Waals surface area (Å²) >= 11 is 0. The van der Waals surface area contributed by atoms with Gasteiger partial charge in [0.2, 0.25) is 0 Å². The van der Waals surface area contributed by atoms with E-state index in [-0.39, 0.29) is 0 Å². The van der Waals surface area contributed by atoms with Crippen molar-refractivity contribution in [3.63, 3.8) is 0 Å². The molecule has 0 fully saturated rings. The summed E-state index contributed by atoms with van der Waals surface area (Å²) in [7, 11) is -3.60. The molecule has 106 valence electrons. The highest BCUT2D eigenvalue weighted by Gasteiger charge is 2.25. The van der Waals surface area contributed by atoms with Crippen LogP contribution < -0.4 is 5.73 Å². The van der Waals surface area contributed by atoms with Crippen LogP contribution in [0.4, 0.5) is 0 Å². The average Bonchev–Trinajstić information content (AvgIpc) is 2.45. The lowest BCUT2D eigenvalue weighted by Crippen LogP contribution is -2.24. The summed E-state index contributed by atoms with van der Waals surface area (Å²) in [5.41, 5.74) is 7.74. The van der Waals surface area contributed by atoms with Gasteiger partial charge in [-0.3, -0.25) is 4.18 Å². The van der Waals surface area contributed by atoms with Crippen LogP contribution in [0.3, 0.4) is 0 Å². The molecule has 0 amide bonds. The van der Waals surface area contributed by atoms with Gasteiger partial charge in [0.05, 0.1) is 12.3 Å². The third kappa shape index (κ3) is 3.90. The molecule has 0 bridgehead atoms. The first-order valence-electron chi connectivity index (χ1n) is 6.21. The largest absolute Gasteiger partial charge is 0.321 e. The minimum absolute atomic E-state index is 0.562. The third-order valence-corrected chi connectivity index (χ3v) is 3.47. The summed E-state index contributed by atoms with van der Waals surface area (Å²) in [5, 5.41) is 0. The molecule has 2 rings (SSSR count). The van der Waals surface area contributed by atoms with Crippen LogP contribution in [0.1, 0.15) is 23.3 Å². The summed E-state index contributed by atoms with van der Waals surface area (Å²) in [5.74, 6) is 0. The number of nitrogens with two attached hydrogens (primary N) is 1. The van der Waals surface area contributed by atoms with E-state index in [1.54, 1.807) is 12.1 Å². The van der Waals surface area contributed by atoms with Crippen LogP contribution >= 0.6 is 0 Å². The van der Waals surface area contributed by atoms with Gasteiger partial charge in [-0.2, -0.15) is 8.42 Å². The first-order valence-corrected chi connectivity index (χ1v) is 8.03. The topological polar surface area (TPSA) is 69.4 Å². The maximum absolute atomic E-state index is 11.5. The van der Waals surface area contributed by atoms with E-state index < -0.39 is 22.3 Å². The van der Waals surface area contributed by atoms with E-state index in [1.165, 1.54) is 0 Å². The molecule has 2 aromatic carbocycles. The molecule has 4 nitrogen and oxygen atoms in total. The van der Waals surface area contributed by atoms with Crippen molar-refractivity contribution in [2.45, 2.75) is 12.1 Å². The van der Waals surface area contributed by atoms with Gasteiger partial charge in [0, 0.05) is 0 Å². The van der Waals surface area contributed by atoms with Crippen LogP contribution in [0.25, 0.3) is 0 Å². The van der Waals surface area contributed by atoms with E-state index in [0.717, 1.165) is 17.4 Å². The van der Waals surface area contributed by atoms with E-state index in [4.69, 9.17) is 9.92 Å². The number of benzene rings is 2. The molecule has 0 unspecified atom stereocenters. The van der Waals surface area contributed by atoms with Gasteiger partial charge in [-0.15, -0.1) is 0 Å². The lowest BCUT2D eigenvalue weighted by molar-refractivity contribution is 0.184. The van der Waals surface area contributed by atoms with E-state index in [0.29, 0.717) is 0 Å². The van der Waals surface area contributed by atoms with Crippen molar-refractivity contribution >= 4 is 10.1 Å². The number of hydrogen-bond acceptors (Lipinski definition) is 4. The van der Waals surface area contributed by atoms with E-state index >= 15 is 0 Å². The Morgan fingerprint density at radius 1 is 0.900 bits per heavy atom. The summed E-state index contributed by atoms with van der Waals surface area (Å²) < 4.78 is 28.1. The smallest absolute Gasteiger partial charge is 0.265 e. The second-order valence-electron chi connectivity index (χ2n) is 4.57. The standard InChI is InChI=1S/C15H17NO3S/c1-20(17,18)19-15(13-10-6-3-7-11-13)14(16)12-8-4-2-5-9-12/h2-11,14-15H,16H2,1H3/t14-,15-/m0/s1. The molecule has 0 saturated heterocycles. The summed E-state index contributed by atoms with van der Waals surface area (Å²) in [4.78, 5) is 0. The van der Waals surface area contributed by atoms with Crippen molar-refractivity contribution in [2.75, 3.05) is 6.26 Å². The maximum atomic E-state index is 11.5. The number of rotatable bonds is 5. The predicted molar refractivity (Wildman–Crippen MR) is 78.5 cm³/mol. The predicted octanol–water partition coefficient (Wildman–Crippen LogP) is 2.40. The third-order valence-electron chi connectivity index (χ3n) is 2.92. The van der Waals surface area contributed by atoms with Crippen molar-refractivity contribution in [1.29, 1.82) is 0 Å². The van der Waals surface area contributed by atoms with Crippen molar-refractivity contribution in [3.8, 4) is 0 Å². The molecule has 0 saturated carbocycles. The Morgan fingerprint density at radius 3 is 1.80 bits per heavy atom. The average molecular weight is 291 g/mol. The molecule has 0 aliphatic heterocycles. The highest BCUT2D eigenvalue weighted by atomic mass is 32.2. The normalized spacial score (nSPS) is 14.7. The molecule has 0 spiro atoms. The quantitative estimate of drug-likeness (QED) is 0.859. The van der Waals surface area contributed by atoms with Crippen LogP contribution in [0.5, 0.6) is 0 Å². The van der Waals surface area contributed by atoms with Crippen LogP contribution in [-0.2, 0) is 14.3 Å². The van der Waals surface area contributed by atoms with E-state index in [2.05, 4.69) is 0 Å². The zero-order valence-electron chi connectivity index (χ0n) is 11.1. The Morgan fingerprint density at radius 2 is 1.35 bits per heavy atom. The first-order chi connectivity index (χ1) is 9.47. The van der Waals surface area contributed by atoms with Crippen molar-refractivity contribution in [2.24, 2.45) is 5.73 Å².